The zero-order chi connectivity index (χ0) is 20.4. The summed E-state index contributed by atoms with van der Waals surface area (Å²) in [4.78, 5) is -1.26. The van der Waals surface area contributed by atoms with Crippen molar-refractivity contribution in [1.29, 1.82) is 5.26 Å². The van der Waals surface area contributed by atoms with Crippen molar-refractivity contribution in [3.8, 4) is 11.8 Å². The van der Waals surface area contributed by atoms with Crippen LogP contribution < -0.4 is 9.46 Å². The molecule has 0 saturated heterocycles. The van der Waals surface area contributed by atoms with E-state index >= 15 is 0 Å². The Morgan fingerprint density at radius 1 is 1.00 bits per heavy atom. The van der Waals surface area contributed by atoms with E-state index in [0.717, 1.165) is 6.07 Å². The molecule has 0 bridgehead atoms. The van der Waals surface area contributed by atoms with Gasteiger partial charge in [0.05, 0.1) is 12.7 Å². The van der Waals surface area contributed by atoms with Gasteiger partial charge in [-0.05, 0) is 30.3 Å². The standard InChI is InChI=1S/C16H9F5N2O3S/c1-26-9-4-2-8(3-5-9)23-27(24,25)10(7-22)6-11-12(17)14(19)16(21)15(20)13(11)18/h2-6,23H,1H3/b10-6+. The van der Waals surface area contributed by atoms with Crippen LogP contribution in [0.15, 0.2) is 29.2 Å². The van der Waals surface area contributed by atoms with Crippen molar-refractivity contribution in [1.82, 2.24) is 0 Å². The molecule has 0 aliphatic carbocycles. The zero-order valence-corrected chi connectivity index (χ0v) is 14.2. The van der Waals surface area contributed by atoms with Gasteiger partial charge in [-0.3, -0.25) is 4.72 Å². The summed E-state index contributed by atoms with van der Waals surface area (Å²) >= 11 is 0. The molecule has 0 aliphatic rings. The maximum atomic E-state index is 13.7. The van der Waals surface area contributed by atoms with Crippen LogP contribution in [-0.2, 0) is 10.0 Å². The van der Waals surface area contributed by atoms with Crippen LogP contribution in [0.2, 0.25) is 0 Å². The van der Waals surface area contributed by atoms with Gasteiger partial charge in [0.25, 0.3) is 10.0 Å². The Kier molecular flexibility index (Phi) is 5.70. The van der Waals surface area contributed by atoms with E-state index in [-0.39, 0.29) is 11.8 Å². The second-order valence-electron chi connectivity index (χ2n) is 4.94. The first-order valence-electron chi connectivity index (χ1n) is 6.92. The maximum Gasteiger partial charge on any atom is 0.272 e. The van der Waals surface area contributed by atoms with Crippen LogP contribution in [-0.4, -0.2) is 15.5 Å². The van der Waals surface area contributed by atoms with Crippen molar-refractivity contribution in [2.24, 2.45) is 0 Å². The second kappa shape index (κ2) is 7.63. The minimum Gasteiger partial charge on any atom is -0.497 e. The van der Waals surface area contributed by atoms with Crippen molar-refractivity contribution in [2.75, 3.05) is 11.8 Å². The normalized spacial score (nSPS) is 11.8. The predicted molar refractivity (Wildman–Crippen MR) is 85.4 cm³/mol. The SMILES string of the molecule is COc1ccc(NS(=O)(=O)/C(C#N)=C/c2c(F)c(F)c(F)c(F)c2F)cc1. The zero-order valence-electron chi connectivity index (χ0n) is 13.4. The third kappa shape index (κ3) is 4.01. The van der Waals surface area contributed by atoms with Crippen LogP contribution in [0.1, 0.15) is 5.56 Å². The second-order valence-corrected chi connectivity index (χ2v) is 6.59. The van der Waals surface area contributed by atoms with E-state index in [2.05, 4.69) is 0 Å². The van der Waals surface area contributed by atoms with Gasteiger partial charge >= 0.3 is 0 Å². The molecular formula is C16H9F5N2O3S. The number of methoxy groups -OCH3 is 1. The van der Waals surface area contributed by atoms with Crippen LogP contribution in [0.5, 0.6) is 5.75 Å². The van der Waals surface area contributed by atoms with Gasteiger partial charge in [0.1, 0.15) is 11.8 Å². The van der Waals surface area contributed by atoms with Crippen molar-refractivity contribution in [2.45, 2.75) is 0 Å². The summed E-state index contributed by atoms with van der Waals surface area (Å²) in [7, 11) is -3.30. The number of hydrogen-bond donors (Lipinski definition) is 1. The molecule has 0 saturated carbocycles. The molecule has 2 aromatic carbocycles. The average Bonchev–Trinajstić information content (AvgIpc) is 2.65. The summed E-state index contributed by atoms with van der Waals surface area (Å²) in [5.74, 6) is -11.1. The number of nitrogens with zero attached hydrogens (tertiary/aromatic N) is 1. The molecule has 0 fully saturated rings. The topological polar surface area (TPSA) is 79.2 Å². The van der Waals surface area contributed by atoms with E-state index in [1.54, 1.807) is 0 Å². The first kappa shape index (κ1) is 20.2. The molecule has 2 aromatic rings. The lowest BCUT2D eigenvalue weighted by Crippen LogP contribution is -2.15. The predicted octanol–water partition coefficient (Wildman–Crippen LogP) is 3.70. The third-order valence-corrected chi connectivity index (χ3v) is 4.55. The molecule has 0 atom stereocenters. The van der Waals surface area contributed by atoms with E-state index in [1.807, 2.05) is 4.72 Å². The maximum absolute atomic E-state index is 13.7. The molecular weight excluding hydrogens is 395 g/mol. The Hall–Kier alpha value is -3.13. The van der Waals surface area contributed by atoms with E-state index in [0.29, 0.717) is 5.75 Å². The molecule has 5 nitrogen and oxygen atoms in total. The highest BCUT2D eigenvalue weighted by atomic mass is 32.2. The number of anilines is 1. The van der Waals surface area contributed by atoms with Crippen LogP contribution in [0.3, 0.4) is 0 Å². The Balaban J connectivity index is 2.51. The van der Waals surface area contributed by atoms with Gasteiger partial charge < -0.3 is 4.74 Å². The Morgan fingerprint density at radius 3 is 1.93 bits per heavy atom. The molecule has 11 heteroatoms. The Morgan fingerprint density at radius 2 is 1.48 bits per heavy atom. The average molecular weight is 404 g/mol. The van der Waals surface area contributed by atoms with Gasteiger partial charge in [-0.25, -0.2) is 30.4 Å². The molecule has 0 radical (unpaired) electrons. The number of benzene rings is 2. The van der Waals surface area contributed by atoms with E-state index in [1.165, 1.54) is 31.4 Å². The number of halogens is 5. The fraction of sp³-hybridized carbons (Fsp3) is 0.0625. The highest BCUT2D eigenvalue weighted by Gasteiger charge is 2.27. The lowest BCUT2D eigenvalue weighted by atomic mass is 10.1. The van der Waals surface area contributed by atoms with Crippen LogP contribution in [0.25, 0.3) is 6.08 Å². The molecule has 0 aromatic heterocycles. The van der Waals surface area contributed by atoms with Crippen molar-refractivity contribution in [3.63, 3.8) is 0 Å². The van der Waals surface area contributed by atoms with Crippen LogP contribution >= 0.6 is 0 Å². The third-order valence-electron chi connectivity index (χ3n) is 3.26. The molecule has 0 aliphatic heterocycles. The number of allylic oxidation sites excluding steroid dienone is 1. The first-order valence-corrected chi connectivity index (χ1v) is 8.40. The van der Waals surface area contributed by atoms with Gasteiger partial charge in [-0.2, -0.15) is 5.26 Å². The summed E-state index contributed by atoms with van der Waals surface area (Å²) in [6, 6.07) is 6.46. The van der Waals surface area contributed by atoms with Crippen molar-refractivity contribution >= 4 is 21.8 Å². The van der Waals surface area contributed by atoms with Crippen LogP contribution in [0, 0.1) is 40.4 Å². The molecule has 2 rings (SSSR count). The van der Waals surface area contributed by atoms with Gasteiger partial charge in [0.15, 0.2) is 28.2 Å². The Bertz CT molecular complexity index is 1030. The van der Waals surface area contributed by atoms with E-state index in [9.17, 15) is 30.4 Å². The lowest BCUT2D eigenvalue weighted by Gasteiger charge is -2.09. The van der Waals surface area contributed by atoms with Gasteiger partial charge in [-0.15, -0.1) is 0 Å². The van der Waals surface area contributed by atoms with Crippen molar-refractivity contribution in [3.05, 3.63) is 63.8 Å². The molecule has 0 amide bonds. The van der Waals surface area contributed by atoms with E-state index < -0.39 is 49.6 Å². The van der Waals surface area contributed by atoms with E-state index in [4.69, 9.17) is 10.00 Å². The molecule has 27 heavy (non-hydrogen) atoms. The Labute approximate surface area is 150 Å². The van der Waals surface area contributed by atoms with Crippen molar-refractivity contribution < 1.29 is 35.1 Å². The molecule has 0 spiro atoms. The van der Waals surface area contributed by atoms with Gasteiger partial charge in [0.2, 0.25) is 5.82 Å². The van der Waals surface area contributed by atoms with Crippen LogP contribution in [0.4, 0.5) is 27.6 Å². The van der Waals surface area contributed by atoms with Gasteiger partial charge in [-0.1, -0.05) is 0 Å². The van der Waals surface area contributed by atoms with Gasteiger partial charge in [0, 0.05) is 5.69 Å². The number of rotatable bonds is 5. The largest absolute Gasteiger partial charge is 0.497 e. The number of ether oxygens (including phenoxy) is 1. The fourth-order valence-corrected chi connectivity index (χ4v) is 2.87. The number of hydrogen-bond acceptors (Lipinski definition) is 4. The summed E-state index contributed by atoms with van der Waals surface area (Å²) in [6.45, 7) is 0. The lowest BCUT2D eigenvalue weighted by molar-refractivity contribution is 0.377. The summed E-state index contributed by atoms with van der Waals surface area (Å²) in [5, 5.41) is 8.99. The summed E-state index contributed by atoms with van der Waals surface area (Å²) < 4.78 is 98.1. The monoisotopic (exact) mass is 404 g/mol. The number of nitriles is 1. The fourth-order valence-electron chi connectivity index (χ4n) is 1.92. The highest BCUT2D eigenvalue weighted by molar-refractivity contribution is 7.96. The molecule has 0 heterocycles. The minimum absolute atomic E-state index is 0.0330. The summed E-state index contributed by atoms with van der Waals surface area (Å²) in [6.07, 6.45) is 0.0577. The first-order chi connectivity index (χ1) is 12.6. The number of nitrogens with one attached hydrogen (secondary N) is 1. The summed E-state index contributed by atoms with van der Waals surface area (Å²) in [5.41, 5.74) is -1.59. The molecule has 142 valence electrons. The molecule has 0 unspecified atom stereocenters. The highest BCUT2D eigenvalue weighted by Crippen LogP contribution is 2.26. The quantitative estimate of drug-likeness (QED) is 0.357. The molecule has 1 N–H and O–H groups in total. The minimum atomic E-state index is -4.68. The smallest absolute Gasteiger partial charge is 0.272 e. The number of sulfonamides is 1.